The lowest BCUT2D eigenvalue weighted by atomic mass is 10.0. The Morgan fingerprint density at radius 2 is 1.73 bits per heavy atom. The Morgan fingerprint density at radius 3 is 2.54 bits per heavy atom. The predicted octanol–water partition coefficient (Wildman–Crippen LogP) is 3.68. The predicted molar refractivity (Wildman–Crippen MR) is 109 cm³/mol. The maximum absolute atomic E-state index is 12.2. The van der Waals surface area contributed by atoms with Crippen LogP contribution in [0.2, 0.25) is 0 Å². The Balaban J connectivity index is 1.44. The molecule has 0 radical (unpaired) electrons. The van der Waals surface area contributed by atoms with Gasteiger partial charge in [-0.15, -0.1) is 11.3 Å². The second-order valence-corrected chi connectivity index (χ2v) is 8.45. The molecule has 0 unspecified atom stereocenters. The van der Waals surface area contributed by atoms with Gasteiger partial charge in [0.05, 0.1) is 16.8 Å². The zero-order valence-electron chi connectivity index (χ0n) is 14.1. The summed E-state index contributed by atoms with van der Waals surface area (Å²) < 4.78 is 1.08. The van der Waals surface area contributed by atoms with Crippen LogP contribution < -0.4 is 10.6 Å². The third kappa shape index (κ3) is 5.16. The minimum Gasteiger partial charge on any atom is -0.354 e. The van der Waals surface area contributed by atoms with Crippen LogP contribution in [0.25, 0.3) is 10.8 Å². The molecule has 3 rings (SSSR count). The monoisotopic (exact) mass is 430 g/mol. The smallest absolute Gasteiger partial charge is 0.239 e. The molecule has 2 aromatic carbocycles. The van der Waals surface area contributed by atoms with Crippen molar-refractivity contribution < 1.29 is 9.59 Å². The minimum absolute atomic E-state index is 0.00225. The van der Waals surface area contributed by atoms with E-state index in [1.165, 1.54) is 4.88 Å². The summed E-state index contributed by atoms with van der Waals surface area (Å²) in [6.07, 6.45) is 1.05. The molecule has 26 heavy (non-hydrogen) atoms. The summed E-state index contributed by atoms with van der Waals surface area (Å²) in [6, 6.07) is 17.9. The summed E-state index contributed by atoms with van der Waals surface area (Å²) in [6.45, 7) is 0.558. The Morgan fingerprint density at radius 1 is 0.923 bits per heavy atom. The van der Waals surface area contributed by atoms with E-state index < -0.39 is 0 Å². The lowest BCUT2D eigenvalue weighted by Gasteiger charge is -2.08. The molecule has 0 saturated heterocycles. The number of nitrogens with one attached hydrogen (secondary N) is 2. The van der Waals surface area contributed by atoms with E-state index in [0.717, 1.165) is 26.5 Å². The quantitative estimate of drug-likeness (QED) is 0.600. The van der Waals surface area contributed by atoms with Crippen molar-refractivity contribution in [2.75, 3.05) is 13.1 Å². The number of rotatable bonds is 7. The van der Waals surface area contributed by atoms with Gasteiger partial charge in [-0.2, -0.15) is 0 Å². The highest BCUT2D eigenvalue weighted by molar-refractivity contribution is 9.11. The molecule has 134 valence electrons. The molecule has 0 aliphatic carbocycles. The largest absolute Gasteiger partial charge is 0.354 e. The molecule has 2 N–H and O–H groups in total. The highest BCUT2D eigenvalue weighted by Crippen LogP contribution is 2.22. The van der Waals surface area contributed by atoms with Gasteiger partial charge in [-0.25, -0.2) is 0 Å². The van der Waals surface area contributed by atoms with Gasteiger partial charge in [0, 0.05) is 11.4 Å². The Kier molecular flexibility index (Phi) is 6.41. The number of fused-ring (bicyclic) bond motifs is 1. The maximum atomic E-state index is 12.2. The van der Waals surface area contributed by atoms with Gasteiger partial charge in [-0.3, -0.25) is 9.59 Å². The third-order valence-corrected chi connectivity index (χ3v) is 5.68. The van der Waals surface area contributed by atoms with Crippen LogP contribution in [0, 0.1) is 0 Å². The first-order valence-corrected chi connectivity index (χ1v) is 9.97. The van der Waals surface area contributed by atoms with Crippen molar-refractivity contribution in [1.82, 2.24) is 10.6 Å². The topological polar surface area (TPSA) is 58.2 Å². The summed E-state index contributed by atoms with van der Waals surface area (Å²) in [7, 11) is 0. The highest BCUT2D eigenvalue weighted by Gasteiger charge is 2.09. The molecule has 1 aromatic heterocycles. The van der Waals surface area contributed by atoms with Crippen molar-refractivity contribution in [3.8, 4) is 0 Å². The van der Waals surface area contributed by atoms with Crippen LogP contribution in [0.3, 0.4) is 0 Å². The van der Waals surface area contributed by atoms with Crippen LogP contribution in [0.1, 0.15) is 10.4 Å². The van der Waals surface area contributed by atoms with Gasteiger partial charge in [0.1, 0.15) is 0 Å². The van der Waals surface area contributed by atoms with Gasteiger partial charge in [0.2, 0.25) is 11.8 Å². The first-order valence-electron chi connectivity index (χ1n) is 8.36. The van der Waals surface area contributed by atoms with Crippen LogP contribution in [0.15, 0.2) is 58.4 Å². The fourth-order valence-corrected chi connectivity index (χ4v) is 4.22. The van der Waals surface area contributed by atoms with Crippen LogP contribution in [-0.2, 0) is 22.4 Å². The van der Waals surface area contributed by atoms with Crippen molar-refractivity contribution in [2.45, 2.75) is 12.8 Å². The fraction of sp³-hybridized carbons (Fsp3) is 0.200. The van der Waals surface area contributed by atoms with E-state index >= 15 is 0 Å². The first-order chi connectivity index (χ1) is 12.6. The molecule has 0 fully saturated rings. The minimum atomic E-state index is -0.174. The molecule has 0 saturated carbocycles. The molecular formula is C20H19BrN2O2S. The van der Waals surface area contributed by atoms with Gasteiger partial charge in [-0.05, 0) is 50.8 Å². The van der Waals surface area contributed by atoms with Crippen LogP contribution in [-0.4, -0.2) is 24.9 Å². The van der Waals surface area contributed by atoms with E-state index in [-0.39, 0.29) is 24.8 Å². The number of amides is 2. The fourth-order valence-electron chi connectivity index (χ4n) is 2.73. The summed E-state index contributed by atoms with van der Waals surface area (Å²) in [5.41, 5.74) is 0.962. The number of hydrogen-bond donors (Lipinski definition) is 2. The van der Waals surface area contributed by atoms with Gasteiger partial charge in [0.25, 0.3) is 0 Å². The molecule has 1 heterocycles. The average molecular weight is 431 g/mol. The second kappa shape index (κ2) is 8.96. The number of carbonyl (C=O) groups is 2. The van der Waals surface area contributed by atoms with E-state index in [2.05, 4.69) is 26.6 Å². The second-order valence-electron chi connectivity index (χ2n) is 5.90. The van der Waals surface area contributed by atoms with Crippen molar-refractivity contribution in [3.63, 3.8) is 0 Å². The molecule has 6 heteroatoms. The maximum Gasteiger partial charge on any atom is 0.239 e. The zero-order chi connectivity index (χ0) is 18.4. The molecule has 0 atom stereocenters. The van der Waals surface area contributed by atoms with Crippen molar-refractivity contribution in [2.24, 2.45) is 0 Å². The lowest BCUT2D eigenvalue weighted by molar-refractivity contribution is -0.125. The van der Waals surface area contributed by atoms with E-state index in [9.17, 15) is 9.59 Å². The van der Waals surface area contributed by atoms with Crippen molar-refractivity contribution >= 4 is 49.9 Å². The normalized spacial score (nSPS) is 10.7. The van der Waals surface area contributed by atoms with Crippen LogP contribution >= 0.6 is 27.3 Å². The molecule has 2 amide bonds. The Bertz CT molecular complexity index is 918. The average Bonchev–Trinajstić information content (AvgIpc) is 3.05. The summed E-state index contributed by atoms with van der Waals surface area (Å²) >= 11 is 5.07. The van der Waals surface area contributed by atoms with E-state index in [1.807, 2.05) is 54.6 Å². The van der Waals surface area contributed by atoms with E-state index in [1.54, 1.807) is 11.3 Å². The van der Waals surface area contributed by atoms with Crippen LogP contribution in [0.5, 0.6) is 0 Å². The molecular weight excluding hydrogens is 412 g/mol. The zero-order valence-corrected chi connectivity index (χ0v) is 16.5. The molecule has 4 nitrogen and oxygen atoms in total. The number of halogens is 1. The number of benzene rings is 2. The van der Waals surface area contributed by atoms with E-state index in [0.29, 0.717) is 6.54 Å². The van der Waals surface area contributed by atoms with Crippen LogP contribution in [0.4, 0.5) is 0 Å². The molecule has 0 spiro atoms. The number of carbonyl (C=O) groups excluding carboxylic acids is 2. The summed E-state index contributed by atoms with van der Waals surface area (Å²) in [4.78, 5) is 25.2. The summed E-state index contributed by atoms with van der Waals surface area (Å²) in [5.74, 6) is -0.328. The van der Waals surface area contributed by atoms with Gasteiger partial charge in [0.15, 0.2) is 0 Å². The first kappa shape index (κ1) is 18.6. The SMILES string of the molecule is O=C(CNC(=O)Cc1cccc2ccccc12)NCCc1ccc(Br)s1. The molecule has 3 aromatic rings. The van der Waals surface area contributed by atoms with Gasteiger partial charge < -0.3 is 10.6 Å². The Hall–Kier alpha value is -2.18. The van der Waals surface area contributed by atoms with Gasteiger partial charge >= 0.3 is 0 Å². The van der Waals surface area contributed by atoms with E-state index in [4.69, 9.17) is 0 Å². The highest BCUT2D eigenvalue weighted by atomic mass is 79.9. The molecule has 0 bridgehead atoms. The van der Waals surface area contributed by atoms with Crippen molar-refractivity contribution in [1.29, 1.82) is 0 Å². The van der Waals surface area contributed by atoms with Gasteiger partial charge in [-0.1, -0.05) is 42.5 Å². The Labute approximate surface area is 164 Å². The number of thiophene rings is 1. The van der Waals surface area contributed by atoms with Crippen molar-refractivity contribution in [3.05, 3.63) is 68.8 Å². The molecule has 0 aliphatic rings. The third-order valence-electron chi connectivity index (χ3n) is 4.00. The number of hydrogen-bond acceptors (Lipinski definition) is 3. The standard InChI is InChI=1S/C20H19BrN2O2S/c21-18-9-8-16(26-18)10-11-22-20(25)13-23-19(24)12-15-6-3-5-14-4-1-2-7-17(14)15/h1-9H,10-13H2,(H,22,25)(H,23,24). The lowest BCUT2D eigenvalue weighted by Crippen LogP contribution is -2.38. The molecule has 0 aliphatic heterocycles. The summed E-state index contributed by atoms with van der Waals surface area (Å²) in [5, 5.41) is 7.69.